The molecule has 16 heteroatoms. The largest absolute Gasteiger partial charge is 0.450 e. The summed E-state index contributed by atoms with van der Waals surface area (Å²) in [6.45, 7) is 9.45. The average molecular weight is 752 g/mol. The standard InChI is InChI=1S/C33H41N7O9.C5H12/c1-3-47-33(46)39-19-17-38(18-20-39)32(45)40-26(27(41)34-2)25(28(40)42)15-10-16-35-29(36-30(43)48-21-23-11-6-4-7-12-23)37-31(44)49-22-24-13-8-5-9-14-24;1-4-5(2)3/h4-9,11-14,25-26H,3,10,15-22H2,1-2H3,(H,34,41)(H2,35,36,37,43,44);5H,4H2,1-3H3/t25-,26?;/m1./s1. The fourth-order valence-corrected chi connectivity index (χ4v) is 5.26. The molecule has 54 heavy (non-hydrogen) atoms. The highest BCUT2D eigenvalue weighted by molar-refractivity contribution is 6.09. The molecule has 4 rings (SSSR count). The zero-order chi connectivity index (χ0) is 39.5. The summed E-state index contributed by atoms with van der Waals surface area (Å²) in [4.78, 5) is 84.4. The number of urea groups is 1. The summed E-state index contributed by atoms with van der Waals surface area (Å²) in [5.41, 5.74) is 1.52. The van der Waals surface area contributed by atoms with Gasteiger partial charge in [0.15, 0.2) is 0 Å². The van der Waals surface area contributed by atoms with Gasteiger partial charge in [0.05, 0.1) is 12.5 Å². The third kappa shape index (κ3) is 13.4. The monoisotopic (exact) mass is 751 g/mol. The molecule has 3 N–H and O–H groups in total. The van der Waals surface area contributed by atoms with Gasteiger partial charge in [0.1, 0.15) is 19.3 Å². The number of amides is 7. The Morgan fingerprint density at radius 3 is 1.76 bits per heavy atom. The van der Waals surface area contributed by atoms with Crippen molar-refractivity contribution in [2.24, 2.45) is 16.8 Å². The van der Waals surface area contributed by atoms with Crippen molar-refractivity contribution in [2.45, 2.75) is 66.2 Å². The first-order valence-corrected chi connectivity index (χ1v) is 18.2. The summed E-state index contributed by atoms with van der Waals surface area (Å²) in [6, 6.07) is 16.4. The van der Waals surface area contributed by atoms with Gasteiger partial charge in [-0.1, -0.05) is 87.9 Å². The molecule has 0 spiro atoms. The number of carbonyl (C=O) groups excluding carboxylic acids is 6. The second-order valence-electron chi connectivity index (χ2n) is 12.9. The quantitative estimate of drug-likeness (QED) is 0.0977. The van der Waals surface area contributed by atoms with E-state index in [9.17, 15) is 28.8 Å². The summed E-state index contributed by atoms with van der Waals surface area (Å²) in [6.07, 6.45) is -0.420. The maximum absolute atomic E-state index is 13.3. The van der Waals surface area contributed by atoms with Gasteiger partial charge in [-0.2, -0.15) is 0 Å². The smallest absolute Gasteiger partial charge is 0.414 e. The van der Waals surface area contributed by atoms with Gasteiger partial charge >= 0.3 is 24.3 Å². The van der Waals surface area contributed by atoms with Crippen molar-refractivity contribution in [3.8, 4) is 0 Å². The number of benzene rings is 2. The Morgan fingerprint density at radius 2 is 1.30 bits per heavy atom. The Labute approximate surface area is 316 Å². The number of guanidine groups is 1. The minimum atomic E-state index is -1.02. The SMILES string of the molecule is CCC(C)C.CCOC(=O)N1CCN(C(=O)N2C(=O)[C@H](CCCN=C(NC(=O)OCc3ccccc3)NC(=O)OCc3ccccc3)C2C(=O)NC)CC1. The number of hydrogen-bond donors (Lipinski definition) is 3. The van der Waals surface area contributed by atoms with E-state index < -0.39 is 48.1 Å². The summed E-state index contributed by atoms with van der Waals surface area (Å²) < 4.78 is 15.5. The lowest BCUT2D eigenvalue weighted by Gasteiger charge is -2.47. The number of nitrogens with one attached hydrogen (secondary N) is 3. The van der Waals surface area contributed by atoms with Crippen LogP contribution < -0.4 is 16.0 Å². The number of nitrogens with zero attached hydrogens (tertiary/aromatic N) is 4. The third-order valence-corrected chi connectivity index (χ3v) is 8.64. The van der Waals surface area contributed by atoms with Crippen LogP contribution in [0.15, 0.2) is 65.7 Å². The number of likely N-dealkylation sites (N-methyl/N-ethyl adjacent to an activating group) is 1. The van der Waals surface area contributed by atoms with Gasteiger partial charge in [-0.3, -0.25) is 30.1 Å². The van der Waals surface area contributed by atoms with E-state index in [1.165, 1.54) is 23.3 Å². The summed E-state index contributed by atoms with van der Waals surface area (Å²) in [7, 11) is 1.42. The van der Waals surface area contributed by atoms with Crippen molar-refractivity contribution in [3.05, 3.63) is 71.8 Å². The van der Waals surface area contributed by atoms with E-state index in [1.54, 1.807) is 55.5 Å². The molecule has 2 aromatic rings. The van der Waals surface area contributed by atoms with Crippen LogP contribution >= 0.6 is 0 Å². The van der Waals surface area contributed by atoms with Crippen LogP contribution in [0, 0.1) is 11.8 Å². The van der Waals surface area contributed by atoms with E-state index in [-0.39, 0.29) is 71.3 Å². The molecule has 7 amide bonds. The lowest BCUT2D eigenvalue weighted by Crippen LogP contribution is -2.70. The molecule has 0 aliphatic carbocycles. The Balaban J connectivity index is 0.00000147. The van der Waals surface area contributed by atoms with E-state index in [4.69, 9.17) is 14.2 Å². The summed E-state index contributed by atoms with van der Waals surface area (Å²) >= 11 is 0. The Bertz CT molecular complexity index is 1510. The fourth-order valence-electron chi connectivity index (χ4n) is 5.26. The lowest BCUT2D eigenvalue weighted by molar-refractivity contribution is -0.158. The minimum Gasteiger partial charge on any atom is -0.450 e. The normalized spacial score (nSPS) is 16.2. The average Bonchev–Trinajstić information content (AvgIpc) is 3.18. The number of carbonyl (C=O) groups is 6. The van der Waals surface area contributed by atoms with E-state index in [0.717, 1.165) is 21.9 Å². The third-order valence-electron chi connectivity index (χ3n) is 8.64. The van der Waals surface area contributed by atoms with Gasteiger partial charge in [-0.05, 0) is 36.8 Å². The first-order valence-electron chi connectivity index (χ1n) is 18.2. The predicted octanol–water partition coefficient (Wildman–Crippen LogP) is 4.49. The second kappa shape index (κ2) is 22.4. The van der Waals surface area contributed by atoms with Crippen LogP contribution in [0.2, 0.25) is 0 Å². The van der Waals surface area contributed by atoms with E-state index in [2.05, 4.69) is 41.7 Å². The number of β-lactam (4-membered cyclic amide) rings is 1. The van der Waals surface area contributed by atoms with Crippen LogP contribution in [0.5, 0.6) is 0 Å². The molecule has 294 valence electrons. The number of hydrogen-bond acceptors (Lipinski definition) is 10. The lowest BCUT2D eigenvalue weighted by atomic mass is 9.83. The summed E-state index contributed by atoms with van der Waals surface area (Å²) in [5.74, 6) is -1.11. The molecule has 0 aromatic heterocycles. The zero-order valence-corrected chi connectivity index (χ0v) is 31.7. The van der Waals surface area contributed by atoms with Crippen molar-refractivity contribution in [1.29, 1.82) is 0 Å². The van der Waals surface area contributed by atoms with Gasteiger partial charge < -0.3 is 29.3 Å². The van der Waals surface area contributed by atoms with Gasteiger partial charge in [0.25, 0.3) is 0 Å². The molecular formula is C38H53N7O9. The number of rotatable bonds is 11. The van der Waals surface area contributed by atoms with Gasteiger partial charge in [-0.25, -0.2) is 19.2 Å². The van der Waals surface area contributed by atoms with Crippen LogP contribution in [0.4, 0.5) is 19.2 Å². The van der Waals surface area contributed by atoms with Crippen molar-refractivity contribution in [1.82, 2.24) is 30.7 Å². The molecule has 2 aliphatic heterocycles. The van der Waals surface area contributed by atoms with Crippen LogP contribution in [0.25, 0.3) is 0 Å². The van der Waals surface area contributed by atoms with Gasteiger partial charge in [0.2, 0.25) is 17.8 Å². The molecule has 2 atom stereocenters. The molecule has 2 aromatic carbocycles. The van der Waals surface area contributed by atoms with Crippen LogP contribution in [-0.4, -0.2) is 109 Å². The molecule has 2 aliphatic rings. The Morgan fingerprint density at radius 1 is 0.796 bits per heavy atom. The minimum absolute atomic E-state index is 0.0145. The predicted molar refractivity (Wildman–Crippen MR) is 200 cm³/mol. The van der Waals surface area contributed by atoms with E-state index in [0.29, 0.717) is 0 Å². The van der Waals surface area contributed by atoms with Crippen molar-refractivity contribution in [3.63, 3.8) is 0 Å². The molecule has 2 heterocycles. The molecule has 2 fully saturated rings. The molecule has 2 saturated heterocycles. The van der Waals surface area contributed by atoms with Crippen LogP contribution in [0.1, 0.15) is 58.1 Å². The van der Waals surface area contributed by atoms with Crippen LogP contribution in [0.3, 0.4) is 0 Å². The summed E-state index contributed by atoms with van der Waals surface area (Å²) in [5, 5.41) is 7.33. The first-order chi connectivity index (χ1) is 26.0. The number of imide groups is 1. The number of aliphatic imine (C=N–C) groups is 1. The maximum atomic E-state index is 13.3. The number of alkyl carbamates (subject to hydrolysis) is 2. The Hall–Kier alpha value is -5.67. The molecule has 0 radical (unpaired) electrons. The van der Waals surface area contributed by atoms with Crippen molar-refractivity contribution in [2.75, 3.05) is 46.4 Å². The molecule has 0 bridgehead atoms. The topological polar surface area (TPSA) is 188 Å². The number of piperazine rings is 1. The Kier molecular flexibility index (Phi) is 17.7. The van der Waals surface area contributed by atoms with E-state index in [1.807, 2.05) is 12.1 Å². The molecule has 1 unspecified atom stereocenters. The molecular weight excluding hydrogens is 698 g/mol. The zero-order valence-electron chi connectivity index (χ0n) is 31.7. The van der Waals surface area contributed by atoms with Crippen LogP contribution in [-0.2, 0) is 37.0 Å². The first kappa shape index (κ1) is 42.7. The number of ether oxygens (including phenoxy) is 3. The van der Waals surface area contributed by atoms with Crippen molar-refractivity contribution < 1.29 is 43.0 Å². The molecule has 0 saturated carbocycles. The van der Waals surface area contributed by atoms with Gasteiger partial charge in [-0.15, -0.1) is 0 Å². The molecule has 16 nitrogen and oxygen atoms in total. The van der Waals surface area contributed by atoms with E-state index >= 15 is 0 Å². The van der Waals surface area contributed by atoms with Gasteiger partial charge in [0, 0.05) is 39.8 Å². The maximum Gasteiger partial charge on any atom is 0.414 e. The highest BCUT2D eigenvalue weighted by Crippen LogP contribution is 2.32. The number of likely N-dealkylation sites (tertiary alicyclic amines) is 1. The highest BCUT2D eigenvalue weighted by atomic mass is 16.6. The second-order valence-corrected chi connectivity index (χ2v) is 12.9. The fraction of sp³-hybridized carbons (Fsp3) is 0.500. The van der Waals surface area contributed by atoms with Crippen molar-refractivity contribution >= 4 is 42.1 Å². The highest BCUT2D eigenvalue weighted by Gasteiger charge is 2.54.